The van der Waals surface area contributed by atoms with Gasteiger partial charge in [0.1, 0.15) is 0 Å². The zero-order chi connectivity index (χ0) is 9.10. The molecule has 0 fully saturated rings. The Kier molecular flexibility index (Phi) is 1.91. The van der Waals surface area contributed by atoms with E-state index in [0.29, 0.717) is 5.95 Å². The lowest BCUT2D eigenvalue weighted by molar-refractivity contribution is 0.881. The number of nitrogens with one attached hydrogen (secondary N) is 1. The summed E-state index contributed by atoms with van der Waals surface area (Å²) in [5.74, 6) is 0.561. The lowest BCUT2D eigenvalue weighted by atomic mass is 10.3. The second kappa shape index (κ2) is 3.22. The van der Waals surface area contributed by atoms with Crippen LogP contribution in [-0.4, -0.2) is 27.7 Å². The van der Waals surface area contributed by atoms with Crippen molar-refractivity contribution >= 4 is 11.6 Å². The lowest BCUT2D eigenvalue weighted by Crippen LogP contribution is -2.10. The van der Waals surface area contributed by atoms with Crippen LogP contribution in [0.5, 0.6) is 0 Å². The molecule has 0 saturated carbocycles. The predicted molar refractivity (Wildman–Crippen MR) is 48.7 cm³/mol. The molecule has 5 heteroatoms. The zero-order valence-electron chi connectivity index (χ0n) is 7.18. The summed E-state index contributed by atoms with van der Waals surface area (Å²) in [6.45, 7) is 0. The normalized spacial score (nSPS) is 9.92. The summed E-state index contributed by atoms with van der Waals surface area (Å²) in [4.78, 5) is 1.85. The van der Waals surface area contributed by atoms with Crippen LogP contribution >= 0.6 is 0 Å². The van der Waals surface area contributed by atoms with Crippen LogP contribution in [-0.2, 0) is 0 Å². The molecule has 0 atom stereocenters. The number of H-pyrrole nitrogens is 1. The van der Waals surface area contributed by atoms with Crippen molar-refractivity contribution in [1.29, 1.82) is 0 Å². The molecule has 0 spiro atoms. The topological polar surface area (TPSA) is 57.7 Å². The van der Waals surface area contributed by atoms with E-state index in [1.807, 2.05) is 42.3 Å². The first-order valence-corrected chi connectivity index (χ1v) is 3.90. The summed E-state index contributed by atoms with van der Waals surface area (Å²) in [6, 6.07) is 9.86. The molecule has 13 heavy (non-hydrogen) atoms. The zero-order valence-corrected chi connectivity index (χ0v) is 7.18. The van der Waals surface area contributed by atoms with Gasteiger partial charge in [0, 0.05) is 12.7 Å². The van der Waals surface area contributed by atoms with Gasteiger partial charge in [0.15, 0.2) is 0 Å². The van der Waals surface area contributed by atoms with Gasteiger partial charge in [0.2, 0.25) is 0 Å². The molecule has 1 heterocycles. The van der Waals surface area contributed by atoms with Gasteiger partial charge in [0.05, 0.1) is 0 Å². The molecule has 0 amide bonds. The molecule has 2 rings (SSSR count). The van der Waals surface area contributed by atoms with Crippen molar-refractivity contribution in [1.82, 2.24) is 20.6 Å². The lowest BCUT2D eigenvalue weighted by Gasteiger charge is -2.13. The van der Waals surface area contributed by atoms with Crippen molar-refractivity contribution < 1.29 is 0 Å². The van der Waals surface area contributed by atoms with Gasteiger partial charge in [-0.25, -0.2) is 0 Å². The predicted octanol–water partition coefficient (Wildman–Crippen LogP) is 0.968. The Morgan fingerprint density at radius 2 is 2.00 bits per heavy atom. The number of aromatic amines is 1. The standard InChI is InChI=1S/C8H9N5/c1-13(8-9-11-12-10-8)7-5-3-2-4-6-7/h2-6H,1H3,(H,9,10,11,12). The molecule has 0 aliphatic heterocycles. The molecule has 1 aromatic carbocycles. The number of rotatable bonds is 2. The van der Waals surface area contributed by atoms with Crippen LogP contribution in [0.3, 0.4) is 0 Å². The average Bonchev–Trinajstić information content (AvgIpc) is 2.71. The minimum Gasteiger partial charge on any atom is -0.311 e. The third-order valence-corrected chi connectivity index (χ3v) is 1.78. The van der Waals surface area contributed by atoms with E-state index in [1.165, 1.54) is 0 Å². The minimum atomic E-state index is 0.561. The van der Waals surface area contributed by atoms with Gasteiger partial charge in [-0.05, 0) is 17.3 Å². The first kappa shape index (κ1) is 7.72. The third kappa shape index (κ3) is 1.48. The van der Waals surface area contributed by atoms with Crippen LogP contribution in [0, 0.1) is 0 Å². The van der Waals surface area contributed by atoms with E-state index < -0.39 is 0 Å². The fourth-order valence-electron chi connectivity index (χ4n) is 1.07. The van der Waals surface area contributed by atoms with E-state index in [9.17, 15) is 0 Å². The number of para-hydroxylation sites is 1. The van der Waals surface area contributed by atoms with E-state index in [2.05, 4.69) is 20.6 Å². The molecular formula is C8H9N5. The highest BCUT2D eigenvalue weighted by Crippen LogP contribution is 2.17. The summed E-state index contributed by atoms with van der Waals surface area (Å²) in [7, 11) is 1.89. The van der Waals surface area contributed by atoms with Crippen LogP contribution in [0.25, 0.3) is 0 Å². The highest BCUT2D eigenvalue weighted by Gasteiger charge is 2.06. The largest absolute Gasteiger partial charge is 0.311 e. The van der Waals surface area contributed by atoms with Crippen LogP contribution in [0.4, 0.5) is 11.6 Å². The Morgan fingerprint density at radius 3 is 2.62 bits per heavy atom. The maximum Gasteiger partial charge on any atom is 0.269 e. The van der Waals surface area contributed by atoms with Gasteiger partial charge in [-0.15, -0.1) is 5.10 Å². The molecule has 2 aromatic rings. The number of aromatic nitrogens is 4. The maximum absolute atomic E-state index is 3.87. The van der Waals surface area contributed by atoms with E-state index >= 15 is 0 Å². The molecule has 5 nitrogen and oxygen atoms in total. The number of hydrogen-bond donors (Lipinski definition) is 1. The van der Waals surface area contributed by atoms with Crippen molar-refractivity contribution in [2.24, 2.45) is 0 Å². The van der Waals surface area contributed by atoms with Crippen molar-refractivity contribution in [3.8, 4) is 0 Å². The molecule has 0 radical (unpaired) electrons. The van der Waals surface area contributed by atoms with Crippen LogP contribution in [0.1, 0.15) is 0 Å². The fraction of sp³-hybridized carbons (Fsp3) is 0.125. The monoisotopic (exact) mass is 175 g/mol. The van der Waals surface area contributed by atoms with Crippen molar-refractivity contribution in [2.45, 2.75) is 0 Å². The van der Waals surface area contributed by atoms with Crippen molar-refractivity contribution in [3.05, 3.63) is 30.3 Å². The average molecular weight is 175 g/mol. The molecule has 0 unspecified atom stereocenters. The highest BCUT2D eigenvalue weighted by atomic mass is 15.5. The Balaban J connectivity index is 2.29. The van der Waals surface area contributed by atoms with Gasteiger partial charge < -0.3 is 4.90 Å². The van der Waals surface area contributed by atoms with Crippen molar-refractivity contribution in [2.75, 3.05) is 11.9 Å². The fourth-order valence-corrected chi connectivity index (χ4v) is 1.07. The van der Waals surface area contributed by atoms with Gasteiger partial charge in [-0.3, -0.25) is 0 Å². The van der Waals surface area contributed by atoms with Gasteiger partial charge in [0.25, 0.3) is 5.95 Å². The Labute approximate surface area is 75.4 Å². The number of hydrogen-bond acceptors (Lipinski definition) is 4. The van der Waals surface area contributed by atoms with E-state index in [-0.39, 0.29) is 0 Å². The number of anilines is 2. The minimum absolute atomic E-state index is 0.561. The molecule has 1 aromatic heterocycles. The van der Waals surface area contributed by atoms with Gasteiger partial charge >= 0.3 is 0 Å². The summed E-state index contributed by atoms with van der Waals surface area (Å²) in [6.07, 6.45) is 0. The maximum atomic E-state index is 3.87. The van der Waals surface area contributed by atoms with E-state index in [4.69, 9.17) is 0 Å². The summed E-state index contributed by atoms with van der Waals surface area (Å²) in [5.41, 5.74) is 1.03. The molecule has 66 valence electrons. The van der Waals surface area contributed by atoms with Crippen LogP contribution in [0.15, 0.2) is 30.3 Å². The second-order valence-corrected chi connectivity index (χ2v) is 2.61. The number of tetrazole rings is 1. The molecule has 1 N–H and O–H groups in total. The first-order valence-electron chi connectivity index (χ1n) is 3.90. The second-order valence-electron chi connectivity index (χ2n) is 2.61. The number of nitrogens with zero attached hydrogens (tertiary/aromatic N) is 4. The van der Waals surface area contributed by atoms with E-state index in [1.54, 1.807) is 0 Å². The molecule has 0 aliphatic rings. The molecule has 0 bridgehead atoms. The number of benzene rings is 1. The quantitative estimate of drug-likeness (QED) is 0.738. The van der Waals surface area contributed by atoms with Crippen LogP contribution < -0.4 is 4.90 Å². The third-order valence-electron chi connectivity index (χ3n) is 1.78. The molecule has 0 aliphatic carbocycles. The molecule has 0 saturated heterocycles. The van der Waals surface area contributed by atoms with E-state index in [0.717, 1.165) is 5.69 Å². The Bertz CT molecular complexity index is 355. The highest BCUT2D eigenvalue weighted by molar-refractivity contribution is 5.54. The molecular weight excluding hydrogens is 166 g/mol. The Morgan fingerprint density at radius 1 is 1.23 bits per heavy atom. The summed E-state index contributed by atoms with van der Waals surface area (Å²) < 4.78 is 0. The van der Waals surface area contributed by atoms with Gasteiger partial charge in [-0.1, -0.05) is 23.3 Å². The SMILES string of the molecule is CN(c1ccccc1)c1nn[nH]n1. The van der Waals surface area contributed by atoms with Gasteiger partial charge in [-0.2, -0.15) is 5.21 Å². The summed E-state index contributed by atoms with van der Waals surface area (Å²) >= 11 is 0. The Hall–Kier alpha value is -1.91. The van der Waals surface area contributed by atoms with Crippen molar-refractivity contribution in [3.63, 3.8) is 0 Å². The smallest absolute Gasteiger partial charge is 0.269 e. The first-order chi connectivity index (χ1) is 6.38. The van der Waals surface area contributed by atoms with Crippen LogP contribution in [0.2, 0.25) is 0 Å². The summed E-state index contributed by atoms with van der Waals surface area (Å²) in [5, 5.41) is 13.6.